The van der Waals surface area contributed by atoms with Gasteiger partial charge in [0.05, 0.1) is 0 Å². The summed E-state index contributed by atoms with van der Waals surface area (Å²) in [6, 6.07) is 3.57. The van der Waals surface area contributed by atoms with E-state index in [0.29, 0.717) is 5.82 Å². The molecule has 1 N–H and O–H groups in total. The molecule has 18 heavy (non-hydrogen) atoms. The Bertz CT molecular complexity index is 401. The molecule has 0 aromatic carbocycles. The Labute approximate surface area is 115 Å². The minimum Gasteiger partial charge on any atom is -0.322 e. The lowest BCUT2D eigenvalue weighted by Crippen LogP contribution is -2.49. The average Bonchev–Trinajstić information content (AvgIpc) is 2.41. The monoisotopic (exact) mass is 312 g/mol. The minimum atomic E-state index is -0.0689. The number of likely N-dealkylation sites (N-methyl/N-ethyl adjacent to an activating group) is 1. The molecule has 2 amide bonds. The zero-order chi connectivity index (χ0) is 13.0. The molecule has 1 aliphatic heterocycles. The van der Waals surface area contributed by atoms with Crippen molar-refractivity contribution in [3.05, 3.63) is 22.8 Å². The van der Waals surface area contributed by atoms with Crippen LogP contribution in [-0.2, 0) is 0 Å². The van der Waals surface area contributed by atoms with Crippen molar-refractivity contribution in [2.24, 2.45) is 0 Å². The standard InChI is InChI=1S/C12H17BrN4O/c1-2-16-5-7-17(8-6-16)12(18)15-11-4-3-10(13)9-14-11/h3-4,9H,2,5-8H2,1H3,(H,14,15,18). The highest BCUT2D eigenvalue weighted by molar-refractivity contribution is 9.10. The van der Waals surface area contributed by atoms with Crippen molar-refractivity contribution in [2.75, 3.05) is 38.0 Å². The molecule has 6 heteroatoms. The molecule has 0 bridgehead atoms. The summed E-state index contributed by atoms with van der Waals surface area (Å²) in [6.45, 7) is 6.62. The van der Waals surface area contributed by atoms with Crippen molar-refractivity contribution < 1.29 is 4.79 Å². The number of hydrogen-bond acceptors (Lipinski definition) is 3. The fourth-order valence-electron chi connectivity index (χ4n) is 1.91. The van der Waals surface area contributed by atoms with Gasteiger partial charge < -0.3 is 9.80 Å². The lowest BCUT2D eigenvalue weighted by Gasteiger charge is -2.33. The minimum absolute atomic E-state index is 0.0689. The average molecular weight is 313 g/mol. The number of rotatable bonds is 2. The number of carbonyl (C=O) groups is 1. The van der Waals surface area contributed by atoms with Crippen LogP contribution in [0, 0.1) is 0 Å². The second-order valence-corrected chi connectivity index (χ2v) is 5.13. The normalized spacial score (nSPS) is 16.7. The van der Waals surface area contributed by atoms with Gasteiger partial charge >= 0.3 is 6.03 Å². The fraction of sp³-hybridized carbons (Fsp3) is 0.500. The second kappa shape index (κ2) is 6.15. The molecule has 1 fully saturated rings. The number of urea groups is 1. The van der Waals surface area contributed by atoms with Gasteiger partial charge in [-0.15, -0.1) is 0 Å². The van der Waals surface area contributed by atoms with Gasteiger partial charge in [0.25, 0.3) is 0 Å². The zero-order valence-electron chi connectivity index (χ0n) is 10.4. The first-order valence-corrected chi connectivity index (χ1v) is 6.88. The summed E-state index contributed by atoms with van der Waals surface area (Å²) in [5, 5.41) is 2.81. The highest BCUT2D eigenvalue weighted by Gasteiger charge is 2.20. The number of halogens is 1. The Kier molecular flexibility index (Phi) is 4.54. The summed E-state index contributed by atoms with van der Waals surface area (Å²) < 4.78 is 0.900. The van der Waals surface area contributed by atoms with Crippen LogP contribution in [0.4, 0.5) is 10.6 Å². The maximum absolute atomic E-state index is 12.0. The van der Waals surface area contributed by atoms with E-state index in [4.69, 9.17) is 0 Å². The lowest BCUT2D eigenvalue weighted by molar-refractivity contribution is 0.151. The third-order valence-corrected chi connectivity index (χ3v) is 3.54. The van der Waals surface area contributed by atoms with Crippen LogP contribution < -0.4 is 5.32 Å². The first kappa shape index (κ1) is 13.3. The fourth-order valence-corrected chi connectivity index (χ4v) is 2.14. The molecule has 5 nitrogen and oxygen atoms in total. The van der Waals surface area contributed by atoms with Crippen molar-refractivity contribution in [3.8, 4) is 0 Å². The predicted molar refractivity (Wildman–Crippen MR) is 74.6 cm³/mol. The lowest BCUT2D eigenvalue weighted by atomic mass is 10.3. The molecule has 0 radical (unpaired) electrons. The Balaban J connectivity index is 1.87. The van der Waals surface area contributed by atoms with Crippen LogP contribution in [0.25, 0.3) is 0 Å². The summed E-state index contributed by atoms with van der Waals surface area (Å²) in [7, 11) is 0. The second-order valence-electron chi connectivity index (χ2n) is 4.21. The van der Waals surface area contributed by atoms with Gasteiger partial charge in [-0.05, 0) is 34.6 Å². The van der Waals surface area contributed by atoms with Crippen LogP contribution in [0.5, 0.6) is 0 Å². The molecule has 1 aliphatic rings. The molecular weight excluding hydrogens is 296 g/mol. The number of anilines is 1. The first-order valence-electron chi connectivity index (χ1n) is 6.09. The molecule has 2 rings (SSSR count). The van der Waals surface area contributed by atoms with E-state index in [9.17, 15) is 4.79 Å². The quantitative estimate of drug-likeness (QED) is 0.909. The van der Waals surface area contributed by atoms with E-state index in [1.54, 1.807) is 12.3 Å². The maximum atomic E-state index is 12.0. The number of carbonyl (C=O) groups excluding carboxylic acids is 1. The van der Waals surface area contributed by atoms with Crippen LogP contribution >= 0.6 is 15.9 Å². The summed E-state index contributed by atoms with van der Waals surface area (Å²) >= 11 is 3.31. The van der Waals surface area contributed by atoms with E-state index in [-0.39, 0.29) is 6.03 Å². The zero-order valence-corrected chi connectivity index (χ0v) is 12.0. The Hall–Kier alpha value is -1.14. The summed E-state index contributed by atoms with van der Waals surface area (Å²) in [5.41, 5.74) is 0. The van der Waals surface area contributed by atoms with Gasteiger partial charge in [0, 0.05) is 36.8 Å². The predicted octanol–water partition coefficient (Wildman–Crippen LogP) is 2.01. The van der Waals surface area contributed by atoms with Crippen molar-refractivity contribution >= 4 is 27.8 Å². The van der Waals surface area contributed by atoms with E-state index in [1.165, 1.54) is 0 Å². The van der Waals surface area contributed by atoms with Crippen molar-refractivity contribution in [2.45, 2.75) is 6.92 Å². The number of pyridine rings is 1. The van der Waals surface area contributed by atoms with E-state index >= 15 is 0 Å². The Morgan fingerprint density at radius 1 is 1.39 bits per heavy atom. The largest absolute Gasteiger partial charge is 0.323 e. The molecule has 0 aliphatic carbocycles. The van der Waals surface area contributed by atoms with Crippen LogP contribution in [0.15, 0.2) is 22.8 Å². The summed E-state index contributed by atoms with van der Waals surface area (Å²) in [5.74, 6) is 0.584. The van der Waals surface area contributed by atoms with E-state index < -0.39 is 0 Å². The van der Waals surface area contributed by atoms with Gasteiger partial charge in [0.15, 0.2) is 0 Å². The number of piperazine rings is 1. The van der Waals surface area contributed by atoms with Gasteiger partial charge in [-0.25, -0.2) is 9.78 Å². The van der Waals surface area contributed by atoms with Crippen LogP contribution in [0.3, 0.4) is 0 Å². The topological polar surface area (TPSA) is 48.5 Å². The Morgan fingerprint density at radius 3 is 2.67 bits per heavy atom. The van der Waals surface area contributed by atoms with Gasteiger partial charge in [0.2, 0.25) is 0 Å². The number of nitrogens with one attached hydrogen (secondary N) is 1. The molecule has 1 saturated heterocycles. The third-order valence-electron chi connectivity index (χ3n) is 3.07. The third kappa shape index (κ3) is 3.43. The first-order chi connectivity index (χ1) is 8.69. The van der Waals surface area contributed by atoms with Crippen molar-refractivity contribution in [1.82, 2.24) is 14.8 Å². The Morgan fingerprint density at radius 2 is 2.11 bits per heavy atom. The van der Waals surface area contributed by atoms with E-state index in [1.807, 2.05) is 11.0 Å². The SMILES string of the molecule is CCN1CCN(C(=O)Nc2ccc(Br)cn2)CC1. The highest BCUT2D eigenvalue weighted by atomic mass is 79.9. The van der Waals surface area contributed by atoms with Crippen molar-refractivity contribution in [1.29, 1.82) is 0 Å². The summed E-state index contributed by atoms with van der Waals surface area (Å²) in [6.07, 6.45) is 1.67. The molecule has 98 valence electrons. The van der Waals surface area contributed by atoms with Crippen LogP contribution in [0.1, 0.15) is 6.92 Å². The maximum Gasteiger partial charge on any atom is 0.323 e. The number of amides is 2. The molecule has 0 atom stereocenters. The number of aromatic nitrogens is 1. The van der Waals surface area contributed by atoms with E-state index in [0.717, 1.165) is 37.2 Å². The molecule has 0 spiro atoms. The summed E-state index contributed by atoms with van der Waals surface area (Å²) in [4.78, 5) is 20.3. The van der Waals surface area contributed by atoms with Crippen LogP contribution in [-0.4, -0.2) is 53.5 Å². The van der Waals surface area contributed by atoms with Crippen LogP contribution in [0.2, 0.25) is 0 Å². The van der Waals surface area contributed by atoms with Gasteiger partial charge in [0.1, 0.15) is 5.82 Å². The number of hydrogen-bond donors (Lipinski definition) is 1. The molecule has 2 heterocycles. The number of nitrogens with zero attached hydrogens (tertiary/aromatic N) is 3. The molecular formula is C12H17BrN4O. The smallest absolute Gasteiger partial charge is 0.322 e. The molecule has 0 saturated carbocycles. The highest BCUT2D eigenvalue weighted by Crippen LogP contribution is 2.11. The van der Waals surface area contributed by atoms with E-state index in [2.05, 4.69) is 38.1 Å². The van der Waals surface area contributed by atoms with Gasteiger partial charge in [-0.3, -0.25) is 5.32 Å². The molecule has 1 aromatic rings. The van der Waals surface area contributed by atoms with Gasteiger partial charge in [-0.1, -0.05) is 6.92 Å². The van der Waals surface area contributed by atoms with Gasteiger partial charge in [-0.2, -0.15) is 0 Å². The van der Waals surface area contributed by atoms with Crippen molar-refractivity contribution in [3.63, 3.8) is 0 Å². The molecule has 1 aromatic heterocycles. The molecule has 0 unspecified atom stereocenters.